The maximum atomic E-state index is 13.3. The molecule has 0 bridgehead atoms. The normalized spacial score (nSPS) is 19.3. The highest BCUT2D eigenvalue weighted by molar-refractivity contribution is 7.14. The van der Waals surface area contributed by atoms with Crippen LogP contribution in [0.1, 0.15) is 47.6 Å². The molecule has 0 spiro atoms. The fourth-order valence-corrected chi connectivity index (χ4v) is 5.81. The number of rotatable bonds is 5. The van der Waals surface area contributed by atoms with E-state index in [2.05, 4.69) is 63.1 Å². The first-order valence-corrected chi connectivity index (χ1v) is 12.3. The minimum Gasteiger partial charge on any atom is -0.368 e. The molecule has 1 aliphatic carbocycles. The molecular weight excluding hydrogens is 450 g/mol. The number of nitrogens with two attached hydrogens (primary N) is 1. The van der Waals surface area contributed by atoms with Gasteiger partial charge in [-0.3, -0.25) is 19.7 Å². The Hall–Kier alpha value is -2.89. The molecule has 11 heteroatoms. The maximum absolute atomic E-state index is 13.3. The summed E-state index contributed by atoms with van der Waals surface area (Å²) in [7, 11) is 6.09. The van der Waals surface area contributed by atoms with E-state index < -0.39 is 0 Å². The second kappa shape index (κ2) is 8.40. The van der Waals surface area contributed by atoms with Gasteiger partial charge in [0.1, 0.15) is 0 Å². The second-order valence-electron chi connectivity index (χ2n) is 10.1. The van der Waals surface area contributed by atoms with Gasteiger partial charge in [0, 0.05) is 49.9 Å². The number of carbonyl (C=O) groups excluding carboxylic acids is 1. The fourth-order valence-electron chi connectivity index (χ4n) is 5.11. The van der Waals surface area contributed by atoms with Crippen molar-refractivity contribution >= 4 is 28.3 Å². The molecule has 5 rings (SSSR count). The molecule has 1 atom stereocenters. The van der Waals surface area contributed by atoms with Crippen molar-refractivity contribution in [2.24, 2.45) is 7.05 Å². The van der Waals surface area contributed by atoms with Crippen molar-refractivity contribution in [3.05, 3.63) is 34.1 Å². The molecule has 0 radical (unpaired) electrons. The highest BCUT2D eigenvalue weighted by Gasteiger charge is 2.39. The van der Waals surface area contributed by atoms with Crippen molar-refractivity contribution < 1.29 is 4.79 Å². The number of nitrogens with zero attached hydrogens (tertiary/aromatic N) is 7. The van der Waals surface area contributed by atoms with E-state index in [-0.39, 0.29) is 17.3 Å². The lowest BCUT2D eigenvalue weighted by Crippen LogP contribution is -2.31. The van der Waals surface area contributed by atoms with Gasteiger partial charge in [0.15, 0.2) is 10.8 Å². The number of anilines is 2. The van der Waals surface area contributed by atoms with Gasteiger partial charge in [0.25, 0.3) is 5.91 Å². The molecule has 10 nitrogen and oxygen atoms in total. The lowest BCUT2D eigenvalue weighted by atomic mass is 9.73. The van der Waals surface area contributed by atoms with Crippen LogP contribution in [-0.2, 0) is 25.4 Å². The molecule has 3 aromatic rings. The summed E-state index contributed by atoms with van der Waals surface area (Å²) in [6, 6.07) is 0.585. The molecule has 0 saturated carbocycles. The van der Waals surface area contributed by atoms with Crippen LogP contribution < -0.4 is 11.1 Å². The molecule has 34 heavy (non-hydrogen) atoms. The number of likely N-dealkylation sites (N-methyl/N-ethyl adjacent to an activating group) is 1. The van der Waals surface area contributed by atoms with E-state index in [1.807, 2.05) is 12.4 Å². The maximum Gasteiger partial charge on any atom is 0.278 e. The minimum atomic E-state index is -0.310. The first kappa shape index (κ1) is 22.9. The molecule has 1 saturated heterocycles. The highest BCUT2D eigenvalue weighted by atomic mass is 32.1. The predicted molar refractivity (Wildman–Crippen MR) is 133 cm³/mol. The predicted octanol–water partition coefficient (Wildman–Crippen LogP) is 2.14. The Kier molecular flexibility index (Phi) is 5.65. The molecule has 0 unspecified atom stereocenters. The molecule has 4 heterocycles. The number of likely N-dealkylation sites (tertiary alicyclic amines) is 1. The van der Waals surface area contributed by atoms with E-state index in [0.29, 0.717) is 23.3 Å². The molecule has 180 valence electrons. The third kappa shape index (κ3) is 4.08. The number of thiazole rings is 1. The lowest BCUT2D eigenvalue weighted by Gasteiger charge is -2.31. The van der Waals surface area contributed by atoms with Crippen molar-refractivity contribution in [2.75, 3.05) is 38.2 Å². The van der Waals surface area contributed by atoms with Crippen LogP contribution in [0.5, 0.6) is 0 Å². The monoisotopic (exact) mass is 481 g/mol. The van der Waals surface area contributed by atoms with E-state index >= 15 is 0 Å². The summed E-state index contributed by atoms with van der Waals surface area (Å²) in [6.45, 7) is 7.12. The van der Waals surface area contributed by atoms with Crippen molar-refractivity contribution in [2.45, 2.75) is 44.7 Å². The first-order chi connectivity index (χ1) is 16.1. The van der Waals surface area contributed by atoms with Crippen LogP contribution in [0, 0.1) is 0 Å². The number of amides is 1. The van der Waals surface area contributed by atoms with Crippen molar-refractivity contribution in [1.29, 1.82) is 0 Å². The Bertz CT molecular complexity index is 1250. The van der Waals surface area contributed by atoms with Gasteiger partial charge in [-0.25, -0.2) is 15.0 Å². The van der Waals surface area contributed by atoms with Crippen molar-refractivity contribution in [3.63, 3.8) is 0 Å². The third-order valence-electron chi connectivity index (χ3n) is 6.81. The zero-order chi connectivity index (χ0) is 24.2. The van der Waals surface area contributed by atoms with Gasteiger partial charge in [0.2, 0.25) is 5.95 Å². The van der Waals surface area contributed by atoms with Gasteiger partial charge in [-0.15, -0.1) is 11.3 Å². The number of hydrogen-bond acceptors (Lipinski definition) is 9. The number of fused-ring (bicyclic) bond motifs is 3. The summed E-state index contributed by atoms with van der Waals surface area (Å²) < 4.78 is 1.72. The first-order valence-electron chi connectivity index (χ1n) is 11.5. The quantitative estimate of drug-likeness (QED) is 0.569. The zero-order valence-corrected chi connectivity index (χ0v) is 21.1. The molecule has 3 aromatic heterocycles. The summed E-state index contributed by atoms with van der Waals surface area (Å²) in [4.78, 5) is 31.3. The van der Waals surface area contributed by atoms with Gasteiger partial charge < -0.3 is 10.6 Å². The summed E-state index contributed by atoms with van der Waals surface area (Å²) in [5, 5.41) is 10.2. The number of aromatic nitrogens is 5. The van der Waals surface area contributed by atoms with Crippen LogP contribution in [0.3, 0.4) is 0 Å². The Labute approximate surface area is 203 Å². The average Bonchev–Trinajstić information content (AvgIpc) is 3.48. The Balaban J connectivity index is 1.37. The Morgan fingerprint density at radius 1 is 1.35 bits per heavy atom. The van der Waals surface area contributed by atoms with Gasteiger partial charge in [0.05, 0.1) is 17.1 Å². The average molecular weight is 482 g/mol. The molecule has 1 amide bonds. The van der Waals surface area contributed by atoms with E-state index in [9.17, 15) is 4.79 Å². The number of nitrogens with one attached hydrogen (secondary N) is 1. The fraction of sp³-hybridized carbons (Fsp3) is 0.522. The van der Waals surface area contributed by atoms with Crippen LogP contribution >= 0.6 is 11.3 Å². The largest absolute Gasteiger partial charge is 0.368 e. The highest BCUT2D eigenvalue weighted by Crippen LogP contribution is 2.43. The van der Waals surface area contributed by atoms with Crippen molar-refractivity contribution in [3.8, 4) is 11.4 Å². The summed E-state index contributed by atoms with van der Waals surface area (Å²) >= 11 is 1.45. The molecule has 1 fully saturated rings. The van der Waals surface area contributed by atoms with Gasteiger partial charge in [-0.2, -0.15) is 5.10 Å². The van der Waals surface area contributed by atoms with E-state index in [4.69, 9.17) is 5.73 Å². The van der Waals surface area contributed by atoms with Crippen LogP contribution in [0.25, 0.3) is 11.4 Å². The molecule has 0 aromatic carbocycles. The topological polar surface area (TPSA) is 118 Å². The molecule has 2 aliphatic rings. The standard InChI is InChI=1S/C23H31N9OS/c1-23(2)8-13-9-25-21(24)27-17(13)19-16(23)18(29-31(19)5)20(33)28-22-26-14(12-34-22)10-32-7-6-15(11-32)30(3)4/h9,12,15H,6-8,10-11H2,1-5H3,(H2,24,25,27)(H,26,28,33)/t15-/m1/s1. The Morgan fingerprint density at radius 2 is 2.15 bits per heavy atom. The van der Waals surface area contributed by atoms with Gasteiger partial charge >= 0.3 is 0 Å². The number of nitrogen functional groups attached to an aromatic ring is 1. The van der Waals surface area contributed by atoms with E-state index in [0.717, 1.165) is 47.8 Å². The summed E-state index contributed by atoms with van der Waals surface area (Å²) in [5.74, 6) is -0.0491. The van der Waals surface area contributed by atoms with E-state index in [1.54, 1.807) is 10.9 Å². The summed E-state index contributed by atoms with van der Waals surface area (Å²) in [6.07, 6.45) is 3.64. The molecular formula is C23H31N9OS. The molecule has 3 N–H and O–H groups in total. The number of aryl methyl sites for hydroxylation is 1. The smallest absolute Gasteiger partial charge is 0.278 e. The van der Waals surface area contributed by atoms with Crippen LogP contribution in [0.4, 0.5) is 11.1 Å². The van der Waals surface area contributed by atoms with Crippen LogP contribution in [-0.4, -0.2) is 73.7 Å². The number of hydrogen-bond donors (Lipinski definition) is 2. The zero-order valence-electron chi connectivity index (χ0n) is 20.3. The lowest BCUT2D eigenvalue weighted by molar-refractivity contribution is 0.101. The Morgan fingerprint density at radius 3 is 2.88 bits per heavy atom. The molecule has 1 aliphatic heterocycles. The minimum absolute atomic E-state index is 0.210. The SMILES string of the molecule is CN(C)[C@@H]1CCN(Cc2csc(NC(=O)c3nn(C)c4c3C(C)(C)Cc3cnc(N)nc3-4)n2)C1. The van der Waals surface area contributed by atoms with Crippen molar-refractivity contribution in [1.82, 2.24) is 34.5 Å². The van der Waals surface area contributed by atoms with Gasteiger partial charge in [-0.05, 0) is 37.9 Å². The number of carbonyl (C=O) groups is 1. The summed E-state index contributed by atoms with van der Waals surface area (Å²) in [5.41, 5.74) is 10.4. The van der Waals surface area contributed by atoms with Crippen LogP contribution in [0.2, 0.25) is 0 Å². The third-order valence-corrected chi connectivity index (χ3v) is 7.62. The van der Waals surface area contributed by atoms with Crippen LogP contribution in [0.15, 0.2) is 11.6 Å². The van der Waals surface area contributed by atoms with E-state index in [1.165, 1.54) is 17.8 Å². The second-order valence-corrected chi connectivity index (χ2v) is 11.0. The van der Waals surface area contributed by atoms with Gasteiger partial charge in [-0.1, -0.05) is 13.8 Å².